The van der Waals surface area contributed by atoms with E-state index < -0.39 is 5.97 Å². The number of hydrogen-bond donors (Lipinski definition) is 2. The number of anilines is 1. The van der Waals surface area contributed by atoms with Crippen LogP contribution in [0.2, 0.25) is 0 Å². The van der Waals surface area contributed by atoms with Crippen molar-refractivity contribution >= 4 is 29.4 Å². The minimum atomic E-state index is -0.913. The minimum absolute atomic E-state index is 0.0615. The molecule has 0 atom stereocenters. The molecule has 0 saturated heterocycles. The van der Waals surface area contributed by atoms with Crippen LogP contribution in [-0.4, -0.2) is 40.8 Å². The van der Waals surface area contributed by atoms with Crippen LogP contribution in [0.5, 0.6) is 0 Å². The fourth-order valence-corrected chi connectivity index (χ4v) is 2.63. The Bertz CT molecular complexity index is 532. The van der Waals surface area contributed by atoms with E-state index >= 15 is 0 Å². The van der Waals surface area contributed by atoms with E-state index in [1.807, 2.05) is 30.8 Å². The van der Waals surface area contributed by atoms with Gasteiger partial charge in [-0.15, -0.1) is 0 Å². The summed E-state index contributed by atoms with van der Waals surface area (Å²) in [5, 5.41) is 12.1. The molecule has 0 spiro atoms. The molecular weight excluding hydrogens is 300 g/mol. The molecule has 0 saturated carbocycles. The molecule has 22 heavy (non-hydrogen) atoms. The number of nitrogens with one attached hydrogen (secondary N) is 1. The molecule has 1 aromatic rings. The number of rotatable bonds is 7. The Kier molecular flexibility index (Phi) is 7.24. The lowest BCUT2D eigenvalue weighted by Gasteiger charge is -2.19. The topological polar surface area (TPSA) is 69.6 Å². The smallest absolute Gasteiger partial charge is 0.321 e. The fraction of sp³-hybridized carbons (Fsp3) is 0.500. The zero-order chi connectivity index (χ0) is 16.7. The Balaban J connectivity index is 2.70. The molecule has 0 unspecified atom stereocenters. The third kappa shape index (κ3) is 5.97. The van der Waals surface area contributed by atoms with E-state index in [9.17, 15) is 9.59 Å². The second-order valence-corrected chi connectivity index (χ2v) is 7.01. The Morgan fingerprint density at radius 3 is 2.64 bits per heavy atom. The molecule has 0 radical (unpaired) electrons. The fourth-order valence-electron chi connectivity index (χ4n) is 1.81. The SMILES string of the molecule is Cc1c(CSC(C)C)cccc1NC(=O)N(C)CCC(=O)O. The van der Waals surface area contributed by atoms with Crippen molar-refractivity contribution in [1.29, 1.82) is 0 Å². The van der Waals surface area contributed by atoms with Gasteiger partial charge in [-0.05, 0) is 29.4 Å². The Morgan fingerprint density at radius 2 is 2.05 bits per heavy atom. The van der Waals surface area contributed by atoms with Crippen molar-refractivity contribution in [3.05, 3.63) is 29.3 Å². The number of aliphatic carboxylic acids is 1. The van der Waals surface area contributed by atoms with E-state index in [4.69, 9.17) is 5.11 Å². The van der Waals surface area contributed by atoms with Crippen LogP contribution in [-0.2, 0) is 10.5 Å². The van der Waals surface area contributed by atoms with Gasteiger partial charge in [0.2, 0.25) is 0 Å². The first-order chi connectivity index (χ1) is 10.3. The quantitative estimate of drug-likeness (QED) is 0.804. The van der Waals surface area contributed by atoms with Crippen molar-refractivity contribution in [2.45, 2.75) is 38.2 Å². The average molecular weight is 324 g/mol. The summed E-state index contributed by atoms with van der Waals surface area (Å²) in [4.78, 5) is 24.0. The number of thioether (sulfide) groups is 1. The number of carbonyl (C=O) groups is 2. The van der Waals surface area contributed by atoms with E-state index in [1.54, 1.807) is 7.05 Å². The summed E-state index contributed by atoms with van der Waals surface area (Å²) in [5.74, 6) is -0.00857. The van der Waals surface area contributed by atoms with Crippen LogP contribution in [0.25, 0.3) is 0 Å². The Labute approximate surface area is 136 Å². The zero-order valence-corrected chi connectivity index (χ0v) is 14.4. The first kappa shape index (κ1) is 18.4. The van der Waals surface area contributed by atoms with E-state index in [2.05, 4.69) is 25.2 Å². The maximum atomic E-state index is 12.1. The second-order valence-electron chi connectivity index (χ2n) is 5.44. The number of hydrogen-bond acceptors (Lipinski definition) is 3. The predicted molar refractivity (Wildman–Crippen MR) is 91.5 cm³/mol. The summed E-state index contributed by atoms with van der Waals surface area (Å²) in [7, 11) is 1.59. The van der Waals surface area contributed by atoms with Gasteiger partial charge < -0.3 is 15.3 Å². The maximum Gasteiger partial charge on any atom is 0.321 e. The molecule has 0 aliphatic rings. The molecule has 1 rings (SSSR count). The van der Waals surface area contributed by atoms with E-state index in [-0.39, 0.29) is 19.0 Å². The highest BCUT2D eigenvalue weighted by Crippen LogP contribution is 2.25. The highest BCUT2D eigenvalue weighted by molar-refractivity contribution is 7.99. The first-order valence-electron chi connectivity index (χ1n) is 7.25. The van der Waals surface area contributed by atoms with Crippen molar-refractivity contribution in [2.75, 3.05) is 18.9 Å². The van der Waals surface area contributed by atoms with Gasteiger partial charge in [-0.1, -0.05) is 26.0 Å². The van der Waals surface area contributed by atoms with Crippen LogP contribution < -0.4 is 5.32 Å². The molecule has 6 heteroatoms. The molecule has 0 bridgehead atoms. The first-order valence-corrected chi connectivity index (χ1v) is 8.30. The molecular formula is C16H24N2O3S. The van der Waals surface area contributed by atoms with Crippen LogP contribution in [0.15, 0.2) is 18.2 Å². The van der Waals surface area contributed by atoms with Crippen LogP contribution in [0.1, 0.15) is 31.4 Å². The summed E-state index contributed by atoms with van der Waals surface area (Å²) in [6, 6.07) is 5.56. The summed E-state index contributed by atoms with van der Waals surface area (Å²) in [6.45, 7) is 6.48. The molecule has 5 nitrogen and oxygen atoms in total. The van der Waals surface area contributed by atoms with Gasteiger partial charge in [-0.3, -0.25) is 4.79 Å². The molecule has 122 valence electrons. The number of nitrogens with zero attached hydrogens (tertiary/aromatic N) is 1. The van der Waals surface area contributed by atoms with Crippen LogP contribution in [0.3, 0.4) is 0 Å². The van der Waals surface area contributed by atoms with Gasteiger partial charge in [0.25, 0.3) is 0 Å². The van der Waals surface area contributed by atoms with Crippen LogP contribution in [0, 0.1) is 6.92 Å². The largest absolute Gasteiger partial charge is 0.481 e. The summed E-state index contributed by atoms with van der Waals surface area (Å²) >= 11 is 1.86. The number of urea groups is 1. The van der Waals surface area contributed by atoms with Gasteiger partial charge in [0.1, 0.15) is 0 Å². The number of amides is 2. The average Bonchev–Trinajstić information content (AvgIpc) is 2.45. The summed E-state index contributed by atoms with van der Waals surface area (Å²) in [5.41, 5.74) is 3.02. The van der Waals surface area contributed by atoms with E-state index in [1.165, 1.54) is 10.5 Å². The van der Waals surface area contributed by atoms with Gasteiger partial charge in [-0.25, -0.2) is 4.79 Å². The minimum Gasteiger partial charge on any atom is -0.481 e. The monoisotopic (exact) mass is 324 g/mol. The van der Waals surface area contributed by atoms with Gasteiger partial charge in [-0.2, -0.15) is 11.8 Å². The van der Waals surface area contributed by atoms with Gasteiger partial charge in [0, 0.05) is 25.0 Å². The lowest BCUT2D eigenvalue weighted by molar-refractivity contribution is -0.137. The molecule has 2 N–H and O–H groups in total. The van der Waals surface area contributed by atoms with E-state index in [0.29, 0.717) is 5.25 Å². The van der Waals surface area contributed by atoms with Gasteiger partial charge in [0.15, 0.2) is 0 Å². The van der Waals surface area contributed by atoms with Crippen molar-refractivity contribution in [2.24, 2.45) is 0 Å². The standard InChI is InChI=1S/C16H24N2O3S/c1-11(2)22-10-13-6-5-7-14(12(13)3)17-16(21)18(4)9-8-15(19)20/h5-7,11H,8-10H2,1-4H3,(H,17,21)(H,19,20). The number of carboxylic acids is 1. The Morgan fingerprint density at radius 1 is 1.36 bits per heavy atom. The van der Waals surface area contributed by atoms with E-state index in [0.717, 1.165) is 17.0 Å². The maximum absolute atomic E-state index is 12.1. The predicted octanol–water partition coefficient (Wildman–Crippen LogP) is 3.58. The van der Waals surface area contributed by atoms with Crippen LogP contribution >= 0.6 is 11.8 Å². The summed E-state index contributed by atoms with van der Waals surface area (Å²) < 4.78 is 0. The van der Waals surface area contributed by atoms with Crippen molar-refractivity contribution < 1.29 is 14.7 Å². The Hall–Kier alpha value is -1.69. The van der Waals surface area contributed by atoms with Crippen molar-refractivity contribution in [3.8, 4) is 0 Å². The highest BCUT2D eigenvalue weighted by atomic mass is 32.2. The van der Waals surface area contributed by atoms with Crippen LogP contribution in [0.4, 0.5) is 10.5 Å². The molecule has 0 fully saturated rings. The van der Waals surface area contributed by atoms with Crippen molar-refractivity contribution in [3.63, 3.8) is 0 Å². The molecule has 0 aliphatic carbocycles. The van der Waals surface area contributed by atoms with Gasteiger partial charge in [0.05, 0.1) is 6.42 Å². The number of carbonyl (C=O) groups excluding carboxylic acids is 1. The third-order valence-corrected chi connectivity index (χ3v) is 4.41. The number of benzene rings is 1. The zero-order valence-electron chi connectivity index (χ0n) is 13.5. The lowest BCUT2D eigenvalue weighted by atomic mass is 10.1. The summed E-state index contributed by atoms with van der Waals surface area (Å²) in [6.07, 6.45) is -0.0615. The normalized spacial score (nSPS) is 10.6. The van der Waals surface area contributed by atoms with Crippen molar-refractivity contribution in [1.82, 2.24) is 4.90 Å². The lowest BCUT2D eigenvalue weighted by Crippen LogP contribution is -2.33. The second kappa shape index (κ2) is 8.68. The molecule has 0 aromatic heterocycles. The highest BCUT2D eigenvalue weighted by Gasteiger charge is 2.12. The third-order valence-electron chi connectivity index (χ3n) is 3.27. The molecule has 2 amide bonds. The van der Waals surface area contributed by atoms with Gasteiger partial charge >= 0.3 is 12.0 Å². The molecule has 1 aromatic carbocycles. The molecule has 0 heterocycles. The number of carboxylic acid groups (broad SMARTS) is 1. The molecule has 0 aliphatic heterocycles.